The zero-order valence-corrected chi connectivity index (χ0v) is 18.2. The molecular formula is C25H22N2O6. The highest BCUT2D eigenvalue weighted by atomic mass is 16.5. The second-order valence-electron chi connectivity index (χ2n) is 7.48. The van der Waals surface area contributed by atoms with Gasteiger partial charge in [0.2, 0.25) is 5.76 Å². The second kappa shape index (κ2) is 9.44. The number of hydrogen-bond acceptors (Lipinski definition) is 6. The molecule has 8 nitrogen and oxygen atoms in total. The highest BCUT2D eigenvalue weighted by Crippen LogP contribution is 2.20. The number of nitrogens with one attached hydrogen (secondary N) is 1. The molecule has 0 aliphatic carbocycles. The van der Waals surface area contributed by atoms with E-state index in [1.807, 2.05) is 25.1 Å². The maximum Gasteiger partial charge on any atom is 0.373 e. The number of carbonyl (C=O) groups excluding carboxylic acids is 3. The summed E-state index contributed by atoms with van der Waals surface area (Å²) in [5.74, 6) is -0.141. The average Bonchev–Trinajstić information content (AvgIpc) is 3.39. The zero-order valence-electron chi connectivity index (χ0n) is 18.2. The number of imide groups is 1. The predicted molar refractivity (Wildman–Crippen MR) is 119 cm³/mol. The van der Waals surface area contributed by atoms with E-state index < -0.39 is 17.9 Å². The van der Waals surface area contributed by atoms with Crippen LogP contribution < -0.4 is 10.1 Å². The molecule has 0 atom stereocenters. The molecule has 1 aliphatic rings. The number of rotatable bonds is 7. The molecule has 3 amide bonds. The lowest BCUT2D eigenvalue weighted by Crippen LogP contribution is -2.30. The Kier molecular flexibility index (Phi) is 6.26. The van der Waals surface area contributed by atoms with Crippen LogP contribution in [0.2, 0.25) is 0 Å². The van der Waals surface area contributed by atoms with E-state index in [0.29, 0.717) is 12.4 Å². The summed E-state index contributed by atoms with van der Waals surface area (Å²) in [5.41, 5.74) is 3.13. The minimum absolute atomic E-state index is 0.0000252. The monoisotopic (exact) mass is 446 g/mol. The molecule has 0 unspecified atom stereocenters. The summed E-state index contributed by atoms with van der Waals surface area (Å²) < 4.78 is 15.7. The van der Waals surface area contributed by atoms with Crippen molar-refractivity contribution in [2.24, 2.45) is 0 Å². The van der Waals surface area contributed by atoms with Crippen LogP contribution in [0.3, 0.4) is 0 Å². The molecule has 1 saturated heterocycles. The number of ether oxygens (including phenoxy) is 2. The molecule has 0 radical (unpaired) electrons. The lowest BCUT2D eigenvalue weighted by atomic mass is 10.1. The van der Waals surface area contributed by atoms with Gasteiger partial charge in [-0.25, -0.2) is 9.59 Å². The van der Waals surface area contributed by atoms with E-state index in [1.54, 1.807) is 30.3 Å². The zero-order chi connectivity index (χ0) is 23.4. The van der Waals surface area contributed by atoms with Crippen molar-refractivity contribution in [3.05, 3.63) is 94.6 Å². The predicted octanol–water partition coefficient (Wildman–Crippen LogP) is 4.05. The van der Waals surface area contributed by atoms with E-state index in [-0.39, 0.29) is 23.8 Å². The van der Waals surface area contributed by atoms with Crippen LogP contribution in [0.15, 0.2) is 70.8 Å². The summed E-state index contributed by atoms with van der Waals surface area (Å²) >= 11 is 0. The van der Waals surface area contributed by atoms with E-state index in [0.717, 1.165) is 16.0 Å². The third-order valence-corrected chi connectivity index (χ3v) is 5.00. The quantitative estimate of drug-likeness (QED) is 0.334. The van der Waals surface area contributed by atoms with Gasteiger partial charge < -0.3 is 19.2 Å². The highest BCUT2D eigenvalue weighted by molar-refractivity contribution is 6.13. The first-order chi connectivity index (χ1) is 15.9. The summed E-state index contributed by atoms with van der Waals surface area (Å²) in [4.78, 5) is 37.5. The number of amides is 3. The molecule has 4 rings (SSSR count). The molecule has 0 bridgehead atoms. The average molecular weight is 446 g/mol. The number of hydrogen-bond donors (Lipinski definition) is 1. The summed E-state index contributed by atoms with van der Waals surface area (Å²) in [6.45, 7) is 2.38. The molecule has 1 fully saturated rings. The van der Waals surface area contributed by atoms with Crippen LogP contribution in [0.5, 0.6) is 5.75 Å². The van der Waals surface area contributed by atoms with E-state index in [4.69, 9.17) is 9.15 Å². The Labute approximate surface area is 190 Å². The lowest BCUT2D eigenvalue weighted by Gasteiger charge is -2.09. The minimum atomic E-state index is -0.634. The molecule has 1 aliphatic heterocycles. The Morgan fingerprint density at radius 3 is 2.61 bits per heavy atom. The molecule has 8 heteroatoms. The lowest BCUT2D eigenvalue weighted by molar-refractivity contribution is -0.123. The fourth-order valence-corrected chi connectivity index (χ4v) is 3.34. The van der Waals surface area contributed by atoms with Crippen molar-refractivity contribution >= 4 is 24.0 Å². The SMILES string of the molecule is COC(=O)c1ccc(CN2C(=O)NC(=Cc3ccc(OCc4cccc(C)c4)cc3)C2=O)o1. The van der Waals surface area contributed by atoms with Crippen molar-refractivity contribution in [1.82, 2.24) is 10.2 Å². The van der Waals surface area contributed by atoms with E-state index in [1.165, 1.54) is 24.8 Å². The topological polar surface area (TPSA) is 98.1 Å². The largest absolute Gasteiger partial charge is 0.489 e. The van der Waals surface area contributed by atoms with Gasteiger partial charge >= 0.3 is 12.0 Å². The summed E-state index contributed by atoms with van der Waals surface area (Å²) in [6, 6.07) is 17.7. The van der Waals surface area contributed by atoms with Crippen molar-refractivity contribution in [3.8, 4) is 5.75 Å². The van der Waals surface area contributed by atoms with Crippen LogP contribution >= 0.6 is 0 Å². The third-order valence-electron chi connectivity index (χ3n) is 5.00. The van der Waals surface area contributed by atoms with Crippen molar-refractivity contribution in [2.45, 2.75) is 20.1 Å². The number of furan rings is 1. The van der Waals surface area contributed by atoms with Crippen LogP contribution in [0.4, 0.5) is 4.79 Å². The van der Waals surface area contributed by atoms with Crippen LogP contribution in [0.25, 0.3) is 6.08 Å². The molecule has 1 N–H and O–H groups in total. The summed E-state index contributed by atoms with van der Waals surface area (Å²) in [6.07, 6.45) is 1.59. The Bertz CT molecular complexity index is 1230. The van der Waals surface area contributed by atoms with Gasteiger partial charge in [0, 0.05) is 0 Å². The van der Waals surface area contributed by atoms with Gasteiger partial charge in [-0.2, -0.15) is 0 Å². The number of carbonyl (C=O) groups is 3. The van der Waals surface area contributed by atoms with Gasteiger partial charge in [-0.05, 0) is 48.4 Å². The molecule has 33 heavy (non-hydrogen) atoms. The summed E-state index contributed by atoms with van der Waals surface area (Å²) in [7, 11) is 1.24. The van der Waals surface area contributed by atoms with Crippen molar-refractivity contribution in [1.29, 1.82) is 0 Å². The Morgan fingerprint density at radius 1 is 1.09 bits per heavy atom. The summed E-state index contributed by atoms with van der Waals surface area (Å²) in [5, 5.41) is 2.56. The number of urea groups is 1. The van der Waals surface area contributed by atoms with E-state index in [9.17, 15) is 14.4 Å². The number of esters is 1. The number of methoxy groups -OCH3 is 1. The molecule has 168 valence electrons. The van der Waals surface area contributed by atoms with Gasteiger partial charge in [0.1, 0.15) is 23.8 Å². The van der Waals surface area contributed by atoms with Gasteiger partial charge in [0.25, 0.3) is 5.91 Å². The molecule has 2 aromatic carbocycles. The third kappa shape index (κ3) is 5.12. The minimum Gasteiger partial charge on any atom is -0.489 e. The van der Waals surface area contributed by atoms with Crippen molar-refractivity contribution in [2.75, 3.05) is 7.11 Å². The number of benzene rings is 2. The first kappa shape index (κ1) is 21.9. The first-order valence-corrected chi connectivity index (χ1v) is 10.2. The van der Waals surface area contributed by atoms with Crippen LogP contribution in [0.1, 0.15) is 33.0 Å². The standard InChI is InChI=1S/C25H22N2O6/c1-16-4-3-5-18(12-16)15-32-19-8-6-17(7-9-19)13-21-23(28)27(25(30)26-21)14-20-10-11-22(33-20)24(29)31-2/h3-13H,14-15H2,1-2H3,(H,26,30). The second-order valence-corrected chi connectivity index (χ2v) is 7.48. The van der Waals surface area contributed by atoms with Crippen molar-refractivity contribution in [3.63, 3.8) is 0 Å². The Hall–Kier alpha value is -4.33. The molecular weight excluding hydrogens is 424 g/mol. The maximum atomic E-state index is 12.7. The molecule has 1 aromatic heterocycles. The Morgan fingerprint density at radius 2 is 1.88 bits per heavy atom. The van der Waals surface area contributed by atoms with Gasteiger partial charge in [0.05, 0.1) is 13.7 Å². The Balaban J connectivity index is 1.39. The highest BCUT2D eigenvalue weighted by Gasteiger charge is 2.34. The number of aryl methyl sites for hydroxylation is 1. The molecule has 0 saturated carbocycles. The fraction of sp³-hybridized carbons (Fsp3) is 0.160. The number of nitrogens with zero attached hydrogens (tertiary/aromatic N) is 1. The van der Waals surface area contributed by atoms with E-state index in [2.05, 4.69) is 16.1 Å². The normalized spacial score (nSPS) is 14.5. The molecule has 3 aromatic rings. The fourth-order valence-electron chi connectivity index (χ4n) is 3.34. The van der Waals surface area contributed by atoms with Crippen LogP contribution in [-0.2, 0) is 22.7 Å². The van der Waals surface area contributed by atoms with Crippen molar-refractivity contribution < 1.29 is 28.3 Å². The van der Waals surface area contributed by atoms with Gasteiger partial charge in [-0.15, -0.1) is 0 Å². The smallest absolute Gasteiger partial charge is 0.373 e. The molecule has 0 spiro atoms. The van der Waals surface area contributed by atoms with E-state index >= 15 is 0 Å². The van der Waals surface area contributed by atoms with Gasteiger partial charge in [-0.1, -0.05) is 42.0 Å². The van der Waals surface area contributed by atoms with Gasteiger partial charge in [0.15, 0.2) is 0 Å². The first-order valence-electron chi connectivity index (χ1n) is 10.2. The van der Waals surface area contributed by atoms with Crippen LogP contribution in [0, 0.1) is 6.92 Å². The van der Waals surface area contributed by atoms with Gasteiger partial charge in [-0.3, -0.25) is 9.69 Å². The maximum absolute atomic E-state index is 12.7. The molecule has 2 heterocycles. The van der Waals surface area contributed by atoms with Crippen LogP contribution in [-0.4, -0.2) is 29.9 Å².